The highest BCUT2D eigenvalue weighted by atomic mass is 19.1. The van der Waals surface area contributed by atoms with Crippen molar-refractivity contribution in [2.45, 2.75) is 32.3 Å². The number of hydrogen-bond donors (Lipinski definition) is 2. The zero-order valence-electron chi connectivity index (χ0n) is 20.2. The molecule has 2 aromatic heterocycles. The molecule has 8 nitrogen and oxygen atoms in total. The number of carbonyl (C=O) groups excluding carboxylic acids is 1. The number of aliphatic hydroxyl groups excluding tert-OH is 1. The van der Waals surface area contributed by atoms with Gasteiger partial charge < -0.3 is 29.2 Å². The fourth-order valence-corrected chi connectivity index (χ4v) is 4.52. The van der Waals surface area contributed by atoms with E-state index in [9.17, 15) is 9.90 Å². The van der Waals surface area contributed by atoms with Crippen LogP contribution in [-0.4, -0.2) is 58.8 Å². The number of H-pyrrole nitrogens is 1. The molecule has 0 saturated carbocycles. The number of aromatic amines is 1. The quantitative estimate of drug-likeness (QED) is 0.369. The fourth-order valence-electron chi connectivity index (χ4n) is 4.52. The van der Waals surface area contributed by atoms with Gasteiger partial charge in [-0.1, -0.05) is 0 Å². The van der Waals surface area contributed by atoms with Crippen LogP contribution >= 0.6 is 0 Å². The lowest BCUT2D eigenvalue weighted by Gasteiger charge is -2.19. The van der Waals surface area contributed by atoms with Crippen molar-refractivity contribution in [3.8, 4) is 23.0 Å². The minimum atomic E-state index is -0.948. The minimum Gasteiger partial charge on any atom is -0.493 e. The normalized spacial score (nSPS) is 14.4. The van der Waals surface area contributed by atoms with Gasteiger partial charge >= 0.3 is 0 Å². The Bertz CT molecular complexity index is 1410. The number of amides is 1. The fraction of sp³-hybridized carbons (Fsp3) is 0.333. The molecule has 9 heteroatoms. The topological polar surface area (TPSA) is 96.9 Å². The van der Waals surface area contributed by atoms with Gasteiger partial charge in [-0.05, 0) is 50.1 Å². The van der Waals surface area contributed by atoms with E-state index in [1.807, 2.05) is 6.92 Å². The maximum Gasteiger partial charge on any atom is 0.225 e. The van der Waals surface area contributed by atoms with Crippen LogP contribution in [0.25, 0.3) is 21.8 Å². The molecule has 0 spiro atoms. The minimum absolute atomic E-state index is 0.00269. The zero-order chi connectivity index (χ0) is 25.2. The Kier molecular flexibility index (Phi) is 6.65. The molecule has 5 rings (SSSR count). The summed E-state index contributed by atoms with van der Waals surface area (Å²) in [7, 11) is 1.50. The van der Waals surface area contributed by atoms with Gasteiger partial charge in [-0.2, -0.15) is 0 Å². The lowest BCUT2D eigenvalue weighted by molar-refractivity contribution is -0.132. The number of methoxy groups -OCH3 is 1. The summed E-state index contributed by atoms with van der Waals surface area (Å²) in [6, 6.07) is 10.1. The molecule has 2 aromatic carbocycles. The molecule has 4 aromatic rings. The molecule has 1 saturated heterocycles. The summed E-state index contributed by atoms with van der Waals surface area (Å²) in [6.45, 7) is 3.28. The molecule has 0 radical (unpaired) electrons. The van der Waals surface area contributed by atoms with E-state index in [1.54, 1.807) is 47.5 Å². The first-order chi connectivity index (χ1) is 17.4. The number of likely N-dealkylation sites (tertiary alicyclic amines) is 1. The highest BCUT2D eigenvalue weighted by molar-refractivity contribution is 5.89. The Hall–Kier alpha value is -3.85. The van der Waals surface area contributed by atoms with Crippen molar-refractivity contribution in [3.63, 3.8) is 0 Å². The maximum atomic E-state index is 15.1. The molecule has 0 bridgehead atoms. The molecule has 1 amide bonds. The molecule has 1 aliphatic rings. The Labute approximate surface area is 207 Å². The smallest absolute Gasteiger partial charge is 0.225 e. The van der Waals surface area contributed by atoms with Crippen LogP contribution < -0.4 is 14.2 Å². The number of benzene rings is 2. The first-order valence-electron chi connectivity index (χ1n) is 11.9. The largest absolute Gasteiger partial charge is 0.493 e. The second-order valence-electron chi connectivity index (χ2n) is 8.98. The summed E-state index contributed by atoms with van der Waals surface area (Å²) in [5, 5.41) is 11.4. The standard InChI is InChI=1S/C27H28FN3O5/c1-16-11-19-20(30-16)5-6-23(27(19)28)36-22-7-8-29-21-14-25(24(34-2)13-18(21)22)35-15-17(32)12-26(33)31-9-3-4-10-31/h5-8,11,13-14,17,30,32H,3-4,9-10,12,15H2,1-2H3. The SMILES string of the molecule is COc1cc2c(Oc3ccc4[nH]c(C)cc4c3F)ccnc2cc1OCC(O)CC(=O)N1CCCC1. The predicted molar refractivity (Wildman–Crippen MR) is 133 cm³/mol. The van der Waals surface area contributed by atoms with Crippen LogP contribution in [0.4, 0.5) is 4.39 Å². The van der Waals surface area contributed by atoms with Crippen molar-refractivity contribution >= 4 is 27.7 Å². The molecular weight excluding hydrogens is 465 g/mol. The number of aryl methyl sites for hydroxylation is 1. The molecule has 1 unspecified atom stereocenters. The lowest BCUT2D eigenvalue weighted by atomic mass is 10.1. The van der Waals surface area contributed by atoms with E-state index in [0.29, 0.717) is 39.1 Å². The number of nitrogens with one attached hydrogen (secondary N) is 1. The monoisotopic (exact) mass is 493 g/mol. The van der Waals surface area contributed by atoms with Crippen LogP contribution in [0.2, 0.25) is 0 Å². The summed E-state index contributed by atoms with van der Waals surface area (Å²) in [5.41, 5.74) is 2.10. The molecule has 0 aliphatic carbocycles. The van der Waals surface area contributed by atoms with E-state index in [-0.39, 0.29) is 24.7 Å². The summed E-state index contributed by atoms with van der Waals surface area (Å²) in [5.74, 6) is 0.753. The lowest BCUT2D eigenvalue weighted by Crippen LogP contribution is -2.32. The molecule has 2 N–H and O–H groups in total. The van der Waals surface area contributed by atoms with Gasteiger partial charge in [0, 0.05) is 47.3 Å². The van der Waals surface area contributed by atoms with Gasteiger partial charge in [0.25, 0.3) is 0 Å². The van der Waals surface area contributed by atoms with Crippen LogP contribution in [0.1, 0.15) is 25.0 Å². The second-order valence-corrected chi connectivity index (χ2v) is 8.98. The number of rotatable bonds is 8. The summed E-state index contributed by atoms with van der Waals surface area (Å²) < 4.78 is 32.3. The van der Waals surface area contributed by atoms with Crippen molar-refractivity contribution < 1.29 is 28.5 Å². The molecule has 3 heterocycles. The van der Waals surface area contributed by atoms with Gasteiger partial charge in [0.15, 0.2) is 23.1 Å². The Morgan fingerprint density at radius 2 is 1.92 bits per heavy atom. The average Bonchev–Trinajstić information content (AvgIpc) is 3.54. The number of pyridine rings is 1. The molecular formula is C27H28FN3O5. The van der Waals surface area contributed by atoms with Crippen molar-refractivity contribution in [1.82, 2.24) is 14.9 Å². The molecule has 36 heavy (non-hydrogen) atoms. The number of fused-ring (bicyclic) bond motifs is 2. The van der Waals surface area contributed by atoms with Gasteiger partial charge in [-0.15, -0.1) is 0 Å². The van der Waals surface area contributed by atoms with Crippen LogP contribution in [-0.2, 0) is 4.79 Å². The van der Waals surface area contributed by atoms with E-state index in [2.05, 4.69) is 9.97 Å². The number of halogens is 1. The Morgan fingerprint density at radius 1 is 1.11 bits per heavy atom. The highest BCUT2D eigenvalue weighted by Gasteiger charge is 2.22. The average molecular weight is 494 g/mol. The third-order valence-corrected chi connectivity index (χ3v) is 6.34. The molecule has 1 atom stereocenters. The third kappa shape index (κ3) is 4.79. The molecule has 188 valence electrons. The van der Waals surface area contributed by atoms with Crippen molar-refractivity contribution in [2.24, 2.45) is 0 Å². The number of hydrogen-bond acceptors (Lipinski definition) is 6. The molecule has 1 fully saturated rings. The van der Waals surface area contributed by atoms with Gasteiger partial charge in [0.1, 0.15) is 12.4 Å². The predicted octanol–water partition coefficient (Wildman–Crippen LogP) is 4.72. The first kappa shape index (κ1) is 23.9. The van der Waals surface area contributed by atoms with Crippen LogP contribution in [0.15, 0.2) is 42.6 Å². The van der Waals surface area contributed by atoms with Crippen molar-refractivity contribution in [3.05, 3.63) is 54.1 Å². The van der Waals surface area contributed by atoms with E-state index in [0.717, 1.165) is 31.6 Å². The van der Waals surface area contributed by atoms with Crippen LogP contribution in [0.5, 0.6) is 23.0 Å². The maximum absolute atomic E-state index is 15.1. The van der Waals surface area contributed by atoms with Gasteiger partial charge in [0.2, 0.25) is 5.91 Å². The number of ether oxygens (including phenoxy) is 3. The van der Waals surface area contributed by atoms with Gasteiger partial charge in [-0.25, -0.2) is 4.39 Å². The number of carbonyl (C=O) groups is 1. The zero-order valence-corrected chi connectivity index (χ0v) is 20.2. The van der Waals surface area contributed by atoms with Gasteiger partial charge in [-0.3, -0.25) is 9.78 Å². The Morgan fingerprint density at radius 3 is 2.69 bits per heavy atom. The third-order valence-electron chi connectivity index (χ3n) is 6.34. The van der Waals surface area contributed by atoms with Gasteiger partial charge in [0.05, 0.1) is 25.2 Å². The second kappa shape index (κ2) is 10.0. The highest BCUT2D eigenvalue weighted by Crippen LogP contribution is 2.38. The number of aliphatic hydroxyl groups is 1. The molecule has 1 aliphatic heterocycles. The first-order valence-corrected chi connectivity index (χ1v) is 11.9. The summed E-state index contributed by atoms with van der Waals surface area (Å²) >= 11 is 0. The Balaban J connectivity index is 1.35. The van der Waals surface area contributed by atoms with Crippen LogP contribution in [0, 0.1) is 12.7 Å². The van der Waals surface area contributed by atoms with Crippen molar-refractivity contribution in [2.75, 3.05) is 26.8 Å². The summed E-state index contributed by atoms with van der Waals surface area (Å²) in [4.78, 5) is 21.5. The van der Waals surface area contributed by atoms with E-state index in [1.165, 1.54) is 7.11 Å². The van der Waals surface area contributed by atoms with Crippen LogP contribution in [0.3, 0.4) is 0 Å². The van der Waals surface area contributed by atoms with E-state index >= 15 is 4.39 Å². The number of aromatic nitrogens is 2. The van der Waals surface area contributed by atoms with Crippen molar-refractivity contribution in [1.29, 1.82) is 0 Å². The van der Waals surface area contributed by atoms with E-state index in [4.69, 9.17) is 14.2 Å². The van der Waals surface area contributed by atoms with E-state index < -0.39 is 11.9 Å². The summed E-state index contributed by atoms with van der Waals surface area (Å²) in [6.07, 6.45) is 2.62. The number of nitrogens with zero attached hydrogens (tertiary/aromatic N) is 2.